The van der Waals surface area contributed by atoms with Gasteiger partial charge in [0.25, 0.3) is 0 Å². The summed E-state index contributed by atoms with van der Waals surface area (Å²) in [6.45, 7) is 0.485. The molecule has 0 saturated heterocycles. The lowest BCUT2D eigenvalue weighted by Gasteiger charge is -2.14. The lowest BCUT2D eigenvalue weighted by Crippen LogP contribution is -2.01. The van der Waals surface area contributed by atoms with Crippen LogP contribution in [0.2, 0.25) is 0 Å². The molecule has 0 radical (unpaired) electrons. The monoisotopic (exact) mass is 201 g/mol. The number of nitrogens with two attached hydrogens (primary N) is 1. The quantitative estimate of drug-likeness (QED) is 0.740. The third-order valence-electron chi connectivity index (χ3n) is 3.19. The molecule has 0 amide bonds. The predicted molar refractivity (Wildman–Crippen MR) is 60.6 cm³/mol. The number of fused-ring (bicyclic) bond motifs is 2. The molecule has 0 unspecified atom stereocenters. The van der Waals surface area contributed by atoms with Crippen LogP contribution in [0.1, 0.15) is 29.8 Å². The van der Waals surface area contributed by atoms with Crippen LogP contribution in [0.25, 0.3) is 11.0 Å². The Balaban J connectivity index is 2.19. The summed E-state index contributed by atoms with van der Waals surface area (Å²) in [5.74, 6) is 0.882. The zero-order chi connectivity index (χ0) is 10.3. The van der Waals surface area contributed by atoms with Crippen molar-refractivity contribution in [2.24, 2.45) is 5.73 Å². The third kappa shape index (κ3) is 1.43. The molecule has 1 aliphatic carbocycles. The minimum Gasteiger partial charge on any atom is -0.341 e. The highest BCUT2D eigenvalue weighted by Gasteiger charge is 2.11. The van der Waals surface area contributed by atoms with E-state index in [0.29, 0.717) is 6.54 Å². The van der Waals surface area contributed by atoms with Gasteiger partial charge in [-0.1, -0.05) is 0 Å². The number of hydrogen-bond donors (Lipinski definition) is 2. The van der Waals surface area contributed by atoms with Gasteiger partial charge in [-0.15, -0.1) is 0 Å². The molecule has 0 fully saturated rings. The summed E-state index contributed by atoms with van der Waals surface area (Å²) in [5.41, 5.74) is 10.7. The van der Waals surface area contributed by atoms with Crippen molar-refractivity contribution in [2.75, 3.05) is 0 Å². The number of nitrogens with one attached hydrogen (secondary N) is 1. The normalized spacial score (nSPS) is 15.5. The standard InChI is InChI=1S/C12H15N3/c13-7-12-14-10-5-8-3-1-2-4-9(8)6-11(10)15-12/h5-6H,1-4,7,13H2,(H,14,15). The number of benzene rings is 1. The SMILES string of the molecule is NCc1nc2cc3c(cc2[nH]1)CCCC3. The highest BCUT2D eigenvalue weighted by Crippen LogP contribution is 2.25. The second kappa shape index (κ2) is 3.35. The number of nitrogens with zero attached hydrogens (tertiary/aromatic N) is 1. The number of aromatic nitrogens is 2. The Morgan fingerprint density at radius 3 is 2.67 bits per heavy atom. The van der Waals surface area contributed by atoms with Crippen molar-refractivity contribution in [1.29, 1.82) is 0 Å². The number of rotatable bonds is 1. The van der Waals surface area contributed by atoms with Crippen molar-refractivity contribution in [3.05, 3.63) is 29.1 Å². The summed E-state index contributed by atoms with van der Waals surface area (Å²) in [6, 6.07) is 4.47. The van der Waals surface area contributed by atoms with E-state index >= 15 is 0 Å². The summed E-state index contributed by atoms with van der Waals surface area (Å²) in [7, 11) is 0. The van der Waals surface area contributed by atoms with Crippen LogP contribution in [-0.4, -0.2) is 9.97 Å². The molecule has 78 valence electrons. The fourth-order valence-corrected chi connectivity index (χ4v) is 2.39. The van der Waals surface area contributed by atoms with Crippen LogP contribution in [0.15, 0.2) is 12.1 Å². The highest BCUT2D eigenvalue weighted by molar-refractivity contribution is 5.77. The average molecular weight is 201 g/mol. The van der Waals surface area contributed by atoms with Crippen LogP contribution in [0, 0.1) is 0 Å². The summed E-state index contributed by atoms with van der Waals surface area (Å²) in [4.78, 5) is 7.72. The van der Waals surface area contributed by atoms with Crippen LogP contribution in [0.3, 0.4) is 0 Å². The maximum absolute atomic E-state index is 5.57. The van der Waals surface area contributed by atoms with Crippen molar-refractivity contribution < 1.29 is 0 Å². The second-order valence-electron chi connectivity index (χ2n) is 4.23. The largest absolute Gasteiger partial charge is 0.341 e. The van der Waals surface area contributed by atoms with Crippen molar-refractivity contribution in [3.63, 3.8) is 0 Å². The molecule has 1 aliphatic rings. The van der Waals surface area contributed by atoms with Gasteiger partial charge in [0.15, 0.2) is 0 Å². The van der Waals surface area contributed by atoms with E-state index in [4.69, 9.17) is 5.73 Å². The van der Waals surface area contributed by atoms with Crippen LogP contribution >= 0.6 is 0 Å². The van der Waals surface area contributed by atoms with Crippen molar-refractivity contribution in [2.45, 2.75) is 32.2 Å². The first-order chi connectivity index (χ1) is 7.36. The van der Waals surface area contributed by atoms with Gasteiger partial charge in [-0.2, -0.15) is 0 Å². The van der Waals surface area contributed by atoms with Gasteiger partial charge in [-0.25, -0.2) is 4.98 Å². The van der Waals surface area contributed by atoms with Crippen molar-refractivity contribution in [1.82, 2.24) is 9.97 Å². The van der Waals surface area contributed by atoms with Crippen molar-refractivity contribution in [3.8, 4) is 0 Å². The van der Waals surface area contributed by atoms with Gasteiger partial charge < -0.3 is 10.7 Å². The maximum Gasteiger partial charge on any atom is 0.121 e. The molecule has 0 spiro atoms. The summed E-state index contributed by atoms with van der Waals surface area (Å²) >= 11 is 0. The molecule has 1 aromatic carbocycles. The van der Waals surface area contributed by atoms with E-state index in [1.807, 2.05) is 0 Å². The number of aromatic amines is 1. The maximum atomic E-state index is 5.57. The molecular weight excluding hydrogens is 186 g/mol. The fraction of sp³-hybridized carbons (Fsp3) is 0.417. The summed E-state index contributed by atoms with van der Waals surface area (Å²) < 4.78 is 0. The Labute approximate surface area is 88.7 Å². The molecule has 15 heavy (non-hydrogen) atoms. The van der Waals surface area contributed by atoms with Crippen LogP contribution < -0.4 is 5.73 Å². The first kappa shape index (κ1) is 8.92. The molecule has 0 aliphatic heterocycles. The van der Waals surface area contributed by atoms with Gasteiger partial charge in [-0.05, 0) is 48.9 Å². The van der Waals surface area contributed by atoms with Gasteiger partial charge in [-0.3, -0.25) is 0 Å². The van der Waals surface area contributed by atoms with Crippen LogP contribution in [0.5, 0.6) is 0 Å². The van der Waals surface area contributed by atoms with Gasteiger partial charge >= 0.3 is 0 Å². The van der Waals surface area contributed by atoms with E-state index in [1.165, 1.54) is 36.8 Å². The topological polar surface area (TPSA) is 54.7 Å². The zero-order valence-corrected chi connectivity index (χ0v) is 8.71. The highest BCUT2D eigenvalue weighted by atomic mass is 14.9. The number of imidazole rings is 1. The fourth-order valence-electron chi connectivity index (χ4n) is 2.39. The molecule has 2 aromatic rings. The Hall–Kier alpha value is -1.35. The Morgan fingerprint density at radius 1 is 1.20 bits per heavy atom. The molecule has 3 nitrogen and oxygen atoms in total. The van der Waals surface area contributed by atoms with E-state index in [2.05, 4.69) is 22.1 Å². The van der Waals surface area contributed by atoms with Gasteiger partial charge in [0.1, 0.15) is 5.82 Å². The minimum absolute atomic E-state index is 0.485. The molecule has 0 saturated carbocycles. The summed E-state index contributed by atoms with van der Waals surface area (Å²) in [6.07, 6.45) is 5.04. The molecule has 0 bridgehead atoms. The molecule has 1 aromatic heterocycles. The van der Waals surface area contributed by atoms with Crippen LogP contribution in [0.4, 0.5) is 0 Å². The molecule has 3 N–H and O–H groups in total. The van der Waals surface area contributed by atoms with E-state index in [0.717, 1.165) is 16.9 Å². The predicted octanol–water partition coefficient (Wildman–Crippen LogP) is 1.90. The Kier molecular flexibility index (Phi) is 1.99. The Bertz CT molecular complexity index is 456. The van der Waals surface area contributed by atoms with E-state index in [-0.39, 0.29) is 0 Å². The number of aryl methyl sites for hydroxylation is 2. The smallest absolute Gasteiger partial charge is 0.121 e. The molecular formula is C12H15N3. The number of H-pyrrole nitrogens is 1. The van der Waals surface area contributed by atoms with Crippen molar-refractivity contribution >= 4 is 11.0 Å². The minimum atomic E-state index is 0.485. The lowest BCUT2D eigenvalue weighted by atomic mass is 9.91. The summed E-state index contributed by atoms with van der Waals surface area (Å²) in [5, 5.41) is 0. The third-order valence-corrected chi connectivity index (χ3v) is 3.19. The van der Waals surface area contributed by atoms with E-state index < -0.39 is 0 Å². The Morgan fingerprint density at radius 2 is 1.93 bits per heavy atom. The molecule has 0 atom stereocenters. The van der Waals surface area contributed by atoms with E-state index in [1.54, 1.807) is 0 Å². The van der Waals surface area contributed by atoms with Gasteiger partial charge in [0.2, 0.25) is 0 Å². The molecule has 1 heterocycles. The average Bonchev–Trinajstić information content (AvgIpc) is 2.67. The molecule has 3 heteroatoms. The second-order valence-corrected chi connectivity index (χ2v) is 4.23. The van der Waals surface area contributed by atoms with Crippen LogP contribution in [-0.2, 0) is 19.4 Å². The molecule has 3 rings (SSSR count). The number of hydrogen-bond acceptors (Lipinski definition) is 2. The van der Waals surface area contributed by atoms with Gasteiger partial charge in [0, 0.05) is 0 Å². The first-order valence-electron chi connectivity index (χ1n) is 5.57. The first-order valence-corrected chi connectivity index (χ1v) is 5.57. The zero-order valence-electron chi connectivity index (χ0n) is 8.71. The van der Waals surface area contributed by atoms with Gasteiger partial charge in [0.05, 0.1) is 17.6 Å². The lowest BCUT2D eigenvalue weighted by molar-refractivity contribution is 0.687. The van der Waals surface area contributed by atoms with E-state index in [9.17, 15) is 0 Å².